The number of nitrogens with zero attached hydrogens (tertiary/aromatic N) is 2. The lowest BCUT2D eigenvalue weighted by atomic mass is 9.95. The van der Waals surface area contributed by atoms with Gasteiger partial charge in [0, 0.05) is 41.3 Å². The Bertz CT molecular complexity index is 1110. The first-order valence-electron chi connectivity index (χ1n) is 10.6. The van der Waals surface area contributed by atoms with Gasteiger partial charge in [-0.1, -0.05) is 50.2 Å². The summed E-state index contributed by atoms with van der Waals surface area (Å²) in [6, 6.07) is 15.7. The molecule has 30 heavy (non-hydrogen) atoms. The third kappa shape index (κ3) is 3.38. The number of carbonyl (C=O) groups is 2. The number of aryl methyl sites for hydroxylation is 1. The minimum absolute atomic E-state index is 0.0545. The Morgan fingerprint density at radius 1 is 1.10 bits per heavy atom. The van der Waals surface area contributed by atoms with Crippen molar-refractivity contribution in [1.82, 2.24) is 14.8 Å². The Hall–Kier alpha value is -3.08. The molecule has 0 saturated heterocycles. The Morgan fingerprint density at radius 2 is 1.80 bits per heavy atom. The number of fused-ring (bicyclic) bond motifs is 2. The van der Waals surface area contributed by atoms with Crippen LogP contribution in [0.4, 0.5) is 0 Å². The lowest BCUT2D eigenvalue weighted by Crippen LogP contribution is -2.40. The van der Waals surface area contributed by atoms with Crippen molar-refractivity contribution in [2.45, 2.75) is 33.2 Å². The van der Waals surface area contributed by atoms with Crippen LogP contribution in [0.15, 0.2) is 48.5 Å². The molecular weight excluding hydrogens is 374 g/mol. The number of aromatic nitrogens is 1. The number of amides is 2. The summed E-state index contributed by atoms with van der Waals surface area (Å²) in [4.78, 5) is 27.7. The van der Waals surface area contributed by atoms with E-state index in [1.807, 2.05) is 43.4 Å². The van der Waals surface area contributed by atoms with Crippen LogP contribution in [0.25, 0.3) is 10.9 Å². The van der Waals surface area contributed by atoms with Crippen LogP contribution < -0.4 is 5.32 Å². The van der Waals surface area contributed by atoms with E-state index < -0.39 is 0 Å². The summed E-state index contributed by atoms with van der Waals surface area (Å²) in [5, 5.41) is 4.10. The second-order valence-corrected chi connectivity index (χ2v) is 8.53. The molecule has 0 radical (unpaired) electrons. The average molecular weight is 404 g/mol. The summed E-state index contributed by atoms with van der Waals surface area (Å²) in [6.07, 6.45) is 0.922. The fourth-order valence-corrected chi connectivity index (χ4v) is 4.45. The molecule has 0 bridgehead atoms. The van der Waals surface area contributed by atoms with Crippen LogP contribution in [0.1, 0.15) is 53.5 Å². The van der Waals surface area contributed by atoms with Crippen molar-refractivity contribution in [2.24, 2.45) is 13.0 Å². The highest BCUT2D eigenvalue weighted by atomic mass is 16.2. The molecule has 0 spiro atoms. The van der Waals surface area contributed by atoms with Gasteiger partial charge in [0.2, 0.25) is 5.91 Å². The van der Waals surface area contributed by atoms with Crippen molar-refractivity contribution in [3.63, 3.8) is 0 Å². The standard InChI is InChI=1S/C25H29N3O2/c1-16(2)13-14-26-22(29)15-28-24(18-9-5-6-10-19(18)25(28)30)23-17(3)27(4)21-12-8-7-11-20(21)23/h5-12,16,24H,13-15H2,1-4H3,(H,26,29)/t24-/m0/s1. The molecule has 5 nitrogen and oxygen atoms in total. The van der Waals surface area contributed by atoms with E-state index >= 15 is 0 Å². The fourth-order valence-electron chi connectivity index (χ4n) is 4.45. The molecule has 1 atom stereocenters. The highest BCUT2D eigenvalue weighted by Crippen LogP contribution is 2.43. The Labute approximate surface area is 177 Å². The van der Waals surface area contributed by atoms with E-state index in [2.05, 4.69) is 42.8 Å². The number of carbonyl (C=O) groups excluding carboxylic acids is 2. The SMILES string of the molecule is Cc1c([C@@H]2c3ccccc3C(=O)N2CC(=O)NCCC(C)C)c2ccccc2n1C. The van der Waals surface area contributed by atoms with Crippen LogP contribution in [0, 0.1) is 12.8 Å². The largest absolute Gasteiger partial charge is 0.355 e. The van der Waals surface area contributed by atoms with Crippen LogP contribution >= 0.6 is 0 Å². The number of hydrogen-bond acceptors (Lipinski definition) is 2. The second-order valence-electron chi connectivity index (χ2n) is 8.53. The third-order valence-corrected chi connectivity index (χ3v) is 6.14. The summed E-state index contributed by atoms with van der Waals surface area (Å²) >= 11 is 0. The van der Waals surface area contributed by atoms with E-state index in [1.165, 1.54) is 0 Å². The molecule has 2 heterocycles. The van der Waals surface area contributed by atoms with Crippen molar-refractivity contribution >= 4 is 22.7 Å². The molecule has 0 aliphatic carbocycles. The Balaban J connectivity index is 1.75. The normalized spacial score (nSPS) is 15.8. The lowest BCUT2D eigenvalue weighted by Gasteiger charge is -2.26. The van der Waals surface area contributed by atoms with Gasteiger partial charge in [0.15, 0.2) is 0 Å². The zero-order valence-electron chi connectivity index (χ0n) is 18.1. The molecule has 156 valence electrons. The highest BCUT2D eigenvalue weighted by Gasteiger charge is 2.40. The van der Waals surface area contributed by atoms with Crippen LogP contribution in [-0.4, -0.2) is 34.4 Å². The van der Waals surface area contributed by atoms with E-state index in [4.69, 9.17) is 0 Å². The van der Waals surface area contributed by atoms with Gasteiger partial charge in [0.25, 0.3) is 5.91 Å². The van der Waals surface area contributed by atoms with Crippen molar-refractivity contribution < 1.29 is 9.59 Å². The monoisotopic (exact) mass is 403 g/mol. The smallest absolute Gasteiger partial charge is 0.255 e. The van der Waals surface area contributed by atoms with Crippen molar-refractivity contribution in [3.05, 3.63) is 70.9 Å². The minimum atomic E-state index is -0.268. The summed E-state index contributed by atoms with van der Waals surface area (Å²) < 4.78 is 2.16. The molecule has 5 heteroatoms. The van der Waals surface area contributed by atoms with Crippen LogP contribution in [0.5, 0.6) is 0 Å². The van der Waals surface area contributed by atoms with Gasteiger partial charge in [-0.15, -0.1) is 0 Å². The van der Waals surface area contributed by atoms with E-state index in [-0.39, 0.29) is 24.4 Å². The van der Waals surface area contributed by atoms with Gasteiger partial charge in [-0.3, -0.25) is 9.59 Å². The fraction of sp³-hybridized carbons (Fsp3) is 0.360. The third-order valence-electron chi connectivity index (χ3n) is 6.14. The maximum Gasteiger partial charge on any atom is 0.255 e. The summed E-state index contributed by atoms with van der Waals surface area (Å²) in [5.41, 5.74) is 4.99. The molecule has 1 aliphatic heterocycles. The second kappa shape index (κ2) is 7.98. The van der Waals surface area contributed by atoms with Crippen LogP contribution in [0.2, 0.25) is 0 Å². The minimum Gasteiger partial charge on any atom is -0.355 e. The molecule has 2 aromatic carbocycles. The van der Waals surface area contributed by atoms with E-state index in [9.17, 15) is 9.59 Å². The van der Waals surface area contributed by atoms with Gasteiger partial charge in [-0.2, -0.15) is 0 Å². The highest BCUT2D eigenvalue weighted by molar-refractivity contribution is 6.02. The van der Waals surface area contributed by atoms with Crippen molar-refractivity contribution in [1.29, 1.82) is 0 Å². The number of benzene rings is 2. The molecular formula is C25H29N3O2. The number of nitrogens with one attached hydrogen (secondary N) is 1. The lowest BCUT2D eigenvalue weighted by molar-refractivity contribution is -0.122. The molecule has 2 amide bonds. The average Bonchev–Trinajstić information content (AvgIpc) is 3.13. The Kier molecular flexibility index (Phi) is 5.37. The molecule has 3 aromatic rings. The molecule has 1 aliphatic rings. The predicted molar refractivity (Wildman–Crippen MR) is 119 cm³/mol. The van der Waals surface area contributed by atoms with Gasteiger partial charge >= 0.3 is 0 Å². The molecule has 4 rings (SSSR count). The van der Waals surface area contributed by atoms with Gasteiger partial charge in [-0.25, -0.2) is 0 Å². The first-order chi connectivity index (χ1) is 14.4. The zero-order chi connectivity index (χ0) is 21.4. The number of hydrogen-bond donors (Lipinski definition) is 1. The Morgan fingerprint density at radius 3 is 2.57 bits per heavy atom. The quantitative estimate of drug-likeness (QED) is 0.671. The van der Waals surface area contributed by atoms with Gasteiger partial charge < -0.3 is 14.8 Å². The molecule has 0 unspecified atom stereocenters. The van der Waals surface area contributed by atoms with Crippen molar-refractivity contribution in [3.8, 4) is 0 Å². The van der Waals surface area contributed by atoms with Crippen LogP contribution in [-0.2, 0) is 11.8 Å². The predicted octanol–water partition coefficient (Wildman–Crippen LogP) is 4.19. The molecule has 0 saturated carbocycles. The maximum absolute atomic E-state index is 13.3. The summed E-state index contributed by atoms with van der Waals surface area (Å²) in [5.74, 6) is 0.329. The molecule has 1 N–H and O–H groups in total. The van der Waals surface area contributed by atoms with Gasteiger partial charge in [0.05, 0.1) is 6.04 Å². The maximum atomic E-state index is 13.3. The van der Waals surface area contributed by atoms with E-state index in [0.29, 0.717) is 18.0 Å². The van der Waals surface area contributed by atoms with E-state index in [0.717, 1.165) is 34.1 Å². The van der Waals surface area contributed by atoms with Gasteiger partial charge in [-0.05, 0) is 37.0 Å². The number of rotatable bonds is 6. The van der Waals surface area contributed by atoms with Crippen LogP contribution in [0.3, 0.4) is 0 Å². The van der Waals surface area contributed by atoms with E-state index in [1.54, 1.807) is 4.90 Å². The summed E-state index contributed by atoms with van der Waals surface area (Å²) in [6.45, 7) is 7.03. The summed E-state index contributed by atoms with van der Waals surface area (Å²) in [7, 11) is 2.05. The van der Waals surface area contributed by atoms with Crippen molar-refractivity contribution in [2.75, 3.05) is 13.1 Å². The first-order valence-corrected chi connectivity index (χ1v) is 10.6. The number of para-hydroxylation sites is 1. The first kappa shape index (κ1) is 20.2. The molecule has 1 aromatic heterocycles. The zero-order valence-corrected chi connectivity index (χ0v) is 18.1. The van der Waals surface area contributed by atoms with Gasteiger partial charge in [0.1, 0.15) is 6.54 Å². The molecule has 0 fully saturated rings. The topological polar surface area (TPSA) is 54.3 Å².